The van der Waals surface area contributed by atoms with E-state index in [2.05, 4.69) is 19.2 Å². The largest absolute Gasteiger partial charge is 0.394 e. The van der Waals surface area contributed by atoms with Gasteiger partial charge < -0.3 is 91.3 Å². The molecule has 71 heavy (non-hydrogen) atoms. The van der Waals surface area contributed by atoms with E-state index in [9.17, 15) is 66.1 Å². The van der Waals surface area contributed by atoms with E-state index in [-0.39, 0.29) is 25.5 Å². The summed E-state index contributed by atoms with van der Waals surface area (Å²) in [6.45, 7) is 4.60. The predicted octanol–water partition coefficient (Wildman–Crippen LogP) is 2.84. The number of rotatable bonds is 41. The highest BCUT2D eigenvalue weighted by atomic mass is 16.7. The minimum atomic E-state index is -1.60. The molecule has 2 heterocycles. The van der Waals surface area contributed by atoms with E-state index in [1.54, 1.807) is 0 Å². The summed E-state index contributed by atoms with van der Waals surface area (Å²) in [6.07, 6.45) is 11.9. The number of nitrogens with two attached hydrogens (primary N) is 1. The van der Waals surface area contributed by atoms with Crippen molar-refractivity contribution in [2.75, 3.05) is 26.4 Å². The Kier molecular flexibility index (Phi) is 40.1. The van der Waals surface area contributed by atoms with Crippen molar-refractivity contribution in [3.63, 3.8) is 0 Å². The van der Waals surface area contributed by atoms with Gasteiger partial charge in [0.05, 0.1) is 56.8 Å². The molecule has 2 saturated heterocycles. The zero-order valence-electron chi connectivity index (χ0n) is 43.9. The van der Waals surface area contributed by atoms with E-state index in [0.29, 0.717) is 19.3 Å². The molecule has 16 atom stereocenters. The number of ether oxygens (including phenoxy) is 4. The second kappa shape index (κ2) is 42.0. The van der Waals surface area contributed by atoms with Crippen molar-refractivity contribution in [3.8, 4) is 0 Å². The van der Waals surface area contributed by atoms with Crippen molar-refractivity contribution < 1.29 is 85.0 Å². The highest BCUT2D eigenvalue weighted by Gasteiger charge is 2.46. The molecule has 4 unspecified atom stereocenters. The summed E-state index contributed by atoms with van der Waals surface area (Å²) in [5, 5.41) is 123. The van der Waals surface area contributed by atoms with Crippen LogP contribution in [0.5, 0.6) is 0 Å². The second-order valence-electron chi connectivity index (χ2n) is 20.1. The van der Waals surface area contributed by atoms with Crippen molar-refractivity contribution in [2.45, 2.75) is 298 Å². The van der Waals surface area contributed by atoms with Crippen LogP contribution >= 0.6 is 0 Å². The van der Waals surface area contributed by atoms with E-state index < -0.39 is 111 Å². The van der Waals surface area contributed by atoms with Gasteiger partial charge in [-0.3, -0.25) is 4.79 Å². The molecule has 0 aliphatic carbocycles. The molecule has 424 valence electrons. The van der Waals surface area contributed by atoms with Crippen LogP contribution in [-0.4, -0.2) is 192 Å². The summed E-state index contributed by atoms with van der Waals surface area (Å²) < 4.78 is 21.5. The van der Waals surface area contributed by atoms with Crippen molar-refractivity contribution in [1.82, 2.24) is 5.32 Å². The molecule has 0 aromatic carbocycles. The number of nitrogens with one attached hydrogen (secondary N) is 1. The molecular weight excluding hydrogens is 925 g/mol. The number of carbonyl (C=O) groups is 1. The molecule has 15 N–H and O–H groups in total. The zero-order chi connectivity index (χ0) is 53.0. The highest BCUT2D eigenvalue weighted by molar-refractivity contribution is 5.76. The van der Waals surface area contributed by atoms with Crippen molar-refractivity contribution in [1.29, 1.82) is 0 Å². The Morgan fingerprint density at radius 2 is 0.817 bits per heavy atom. The molecule has 0 radical (unpaired) electrons. The van der Waals surface area contributed by atoms with Crippen LogP contribution in [-0.2, 0) is 23.7 Å². The Hall–Kier alpha value is -1.21. The predicted molar refractivity (Wildman–Crippen MR) is 270 cm³/mol. The van der Waals surface area contributed by atoms with Crippen LogP contribution in [0.2, 0.25) is 0 Å². The summed E-state index contributed by atoms with van der Waals surface area (Å²) in [7, 11) is 0. The van der Waals surface area contributed by atoms with Gasteiger partial charge >= 0.3 is 0 Å². The molecule has 19 heteroatoms. The van der Waals surface area contributed by atoms with E-state index in [4.69, 9.17) is 24.7 Å². The van der Waals surface area contributed by atoms with Gasteiger partial charge in [-0.1, -0.05) is 175 Å². The average molecular weight is 1030 g/mol. The fourth-order valence-electron chi connectivity index (χ4n) is 8.93. The Balaban J connectivity index is 0.000000717. The minimum absolute atomic E-state index is 0.234. The topological polar surface area (TPSA) is 335 Å². The van der Waals surface area contributed by atoms with Gasteiger partial charge in [0.1, 0.15) is 54.9 Å². The first-order valence-electron chi connectivity index (χ1n) is 27.7. The van der Waals surface area contributed by atoms with E-state index in [0.717, 1.165) is 44.9 Å². The number of unbranched alkanes of at least 4 members (excludes halogenated alkanes) is 22. The van der Waals surface area contributed by atoms with Gasteiger partial charge in [-0.2, -0.15) is 0 Å². The normalized spacial score (nSPS) is 27.3. The Morgan fingerprint density at radius 1 is 0.479 bits per heavy atom. The van der Waals surface area contributed by atoms with Crippen LogP contribution in [0, 0.1) is 0 Å². The van der Waals surface area contributed by atoms with Crippen molar-refractivity contribution in [3.05, 3.63) is 0 Å². The first-order chi connectivity index (χ1) is 34.1. The lowest BCUT2D eigenvalue weighted by atomic mass is 9.98. The Bertz CT molecular complexity index is 1250. The molecule has 0 aromatic rings. The fraction of sp³-hybridized carbons (Fsp3) is 0.981. The van der Waals surface area contributed by atoms with Gasteiger partial charge in [-0.25, -0.2) is 0 Å². The van der Waals surface area contributed by atoms with Gasteiger partial charge in [-0.15, -0.1) is 0 Å². The van der Waals surface area contributed by atoms with E-state index in [1.165, 1.54) is 109 Å². The molecule has 2 fully saturated rings. The highest BCUT2D eigenvalue weighted by Crippen LogP contribution is 2.25. The number of aliphatic hydroxyl groups is 12. The maximum atomic E-state index is 12.2. The van der Waals surface area contributed by atoms with Crippen molar-refractivity contribution in [2.24, 2.45) is 5.73 Å². The standard InChI is InChI=1S/C28H55NO9.C24H49NO8/c1-3-5-6-7-8-9-10-11-12-13-14-15-17-21(31)24(33)20(29-23(32)16-4-2)19-37-28-27(36)26(35)25(34)22(18-30)38-28;1-2-3-4-5-6-7-8-9-10-11-12-13-14-18(27)20(28)17(25)16-32-24-23(31)22(30)21(29)19(15-26)33-24/h20-22,24-28,30-31,33-36H,3-19H2,1-2H3,(H,29,32);17-24,26-31H,2-16,25H2,1H3/t20-,21+,22?,24-,25-,26-,27?,28-;17-,18+,19?,20-,21-,22-,23?,24-/m00/s1. The number of hydrogen-bond donors (Lipinski definition) is 14. The van der Waals surface area contributed by atoms with Gasteiger partial charge in [0, 0.05) is 6.42 Å². The number of hydrogen-bond acceptors (Lipinski definition) is 18. The maximum absolute atomic E-state index is 12.2. The monoisotopic (exact) mass is 1030 g/mol. The summed E-state index contributed by atoms with van der Waals surface area (Å²) in [5.41, 5.74) is 5.91. The van der Waals surface area contributed by atoms with Crippen LogP contribution in [0.25, 0.3) is 0 Å². The van der Waals surface area contributed by atoms with Gasteiger partial charge in [-0.05, 0) is 19.3 Å². The van der Waals surface area contributed by atoms with Crippen LogP contribution in [0.4, 0.5) is 0 Å². The molecule has 0 aromatic heterocycles. The first-order valence-corrected chi connectivity index (χ1v) is 27.7. The molecule has 1 amide bonds. The summed E-state index contributed by atoms with van der Waals surface area (Å²) in [6, 6.07) is -1.90. The smallest absolute Gasteiger partial charge is 0.220 e. The van der Waals surface area contributed by atoms with Crippen LogP contribution in [0.1, 0.15) is 201 Å². The molecule has 0 saturated carbocycles. The molecule has 19 nitrogen and oxygen atoms in total. The molecule has 2 rings (SSSR count). The van der Waals surface area contributed by atoms with Crippen LogP contribution < -0.4 is 11.1 Å². The summed E-state index contributed by atoms with van der Waals surface area (Å²) in [4.78, 5) is 12.2. The van der Waals surface area contributed by atoms with E-state index in [1.807, 2.05) is 6.92 Å². The molecule has 2 aliphatic heterocycles. The van der Waals surface area contributed by atoms with Crippen molar-refractivity contribution >= 4 is 5.91 Å². The minimum Gasteiger partial charge on any atom is -0.394 e. The lowest BCUT2D eigenvalue weighted by Gasteiger charge is -2.40. The summed E-state index contributed by atoms with van der Waals surface area (Å²) >= 11 is 0. The Morgan fingerprint density at radius 3 is 1.17 bits per heavy atom. The quantitative estimate of drug-likeness (QED) is 0.0392. The zero-order valence-corrected chi connectivity index (χ0v) is 43.9. The van der Waals surface area contributed by atoms with Crippen LogP contribution in [0.3, 0.4) is 0 Å². The second-order valence-corrected chi connectivity index (χ2v) is 20.1. The number of carbonyl (C=O) groups excluding carboxylic acids is 1. The van der Waals surface area contributed by atoms with Gasteiger partial charge in [0.25, 0.3) is 0 Å². The van der Waals surface area contributed by atoms with Gasteiger partial charge in [0.15, 0.2) is 12.6 Å². The molecule has 2 aliphatic rings. The van der Waals surface area contributed by atoms with E-state index >= 15 is 0 Å². The first kappa shape index (κ1) is 67.8. The maximum Gasteiger partial charge on any atom is 0.220 e. The summed E-state index contributed by atoms with van der Waals surface area (Å²) in [5.74, 6) is -0.313. The van der Waals surface area contributed by atoms with Gasteiger partial charge in [0.2, 0.25) is 5.91 Å². The Labute approximate surface area is 425 Å². The third-order valence-electron chi connectivity index (χ3n) is 13.8. The third-order valence-corrected chi connectivity index (χ3v) is 13.8. The lowest BCUT2D eigenvalue weighted by Crippen LogP contribution is -2.60. The third kappa shape index (κ3) is 28.5. The molecule has 0 bridgehead atoms. The molecular formula is C52H104N2O17. The van der Waals surface area contributed by atoms with Crippen LogP contribution in [0.15, 0.2) is 0 Å². The number of aliphatic hydroxyl groups excluding tert-OH is 12. The number of amides is 1. The lowest BCUT2D eigenvalue weighted by molar-refractivity contribution is -0.303. The SMILES string of the molecule is CCCCCCCCCCCCCC[C@@H](O)[C@@H](O)[C@@H](N)CO[C@H]1OC(CO)[C@H](O)[C@H](O)C1O.CCCCCCCCCCCCCC[C@@H](O)[C@@H](O)[C@H](CO[C@H]1OC(CO)[C@H](O)[C@H](O)C1O)NC(=O)CCC. The fourth-order valence-corrected chi connectivity index (χ4v) is 8.93. The average Bonchev–Trinajstić information content (AvgIpc) is 3.36. The molecule has 0 spiro atoms.